The zero-order valence-corrected chi connectivity index (χ0v) is 7.99. The van der Waals surface area contributed by atoms with E-state index in [1.54, 1.807) is 17.0 Å². The third-order valence-electron chi connectivity index (χ3n) is 1.74. The molecule has 0 spiro atoms. The summed E-state index contributed by atoms with van der Waals surface area (Å²) in [6, 6.07) is 4.09. The third-order valence-corrected chi connectivity index (χ3v) is 2.90. The van der Waals surface area contributed by atoms with Crippen molar-refractivity contribution >= 4 is 16.4 Å². The molecule has 0 amide bonds. The number of thiol groups is 1. The molecule has 64 valence electrons. The standard InChI is InChI=1S/C8H11N3S/c1-12(2)8-5-7-3-4-10-11(7)6-9-8/h3-6,12H,1-2H3. The fraction of sp³-hybridized carbons (Fsp3) is 0.250. The van der Waals surface area contributed by atoms with Crippen molar-refractivity contribution in [2.75, 3.05) is 12.5 Å². The van der Waals surface area contributed by atoms with E-state index in [0.717, 1.165) is 5.52 Å². The highest BCUT2D eigenvalue weighted by Crippen LogP contribution is 2.25. The van der Waals surface area contributed by atoms with E-state index in [4.69, 9.17) is 0 Å². The summed E-state index contributed by atoms with van der Waals surface area (Å²) < 4.78 is 1.78. The number of hydrogen-bond acceptors (Lipinski definition) is 2. The lowest BCUT2D eigenvalue weighted by atomic mass is 10.5. The summed E-state index contributed by atoms with van der Waals surface area (Å²) in [5, 5.41) is 5.26. The van der Waals surface area contributed by atoms with E-state index >= 15 is 0 Å². The Morgan fingerprint density at radius 3 is 3.00 bits per heavy atom. The maximum Gasteiger partial charge on any atom is 0.118 e. The van der Waals surface area contributed by atoms with Gasteiger partial charge in [0.15, 0.2) is 0 Å². The molecule has 0 aromatic carbocycles. The smallest absolute Gasteiger partial charge is 0.118 e. The minimum absolute atomic E-state index is 0.102. The third kappa shape index (κ3) is 1.18. The quantitative estimate of drug-likeness (QED) is 0.531. The number of hydrogen-bond donors (Lipinski definition) is 1. The van der Waals surface area contributed by atoms with E-state index in [-0.39, 0.29) is 10.9 Å². The van der Waals surface area contributed by atoms with Crippen LogP contribution in [0.25, 0.3) is 5.52 Å². The fourth-order valence-corrected chi connectivity index (χ4v) is 1.74. The molecular weight excluding hydrogens is 170 g/mol. The Bertz CT molecular complexity index is 394. The van der Waals surface area contributed by atoms with Gasteiger partial charge in [-0.15, -0.1) is 0 Å². The van der Waals surface area contributed by atoms with Crippen LogP contribution in [0.3, 0.4) is 0 Å². The van der Waals surface area contributed by atoms with Crippen molar-refractivity contribution in [1.82, 2.24) is 14.6 Å². The molecule has 0 N–H and O–H groups in total. The first kappa shape index (κ1) is 7.61. The number of fused-ring (bicyclic) bond motifs is 1. The van der Waals surface area contributed by atoms with E-state index in [1.807, 2.05) is 6.07 Å². The number of aromatic nitrogens is 3. The molecule has 3 nitrogen and oxygen atoms in total. The zero-order valence-electron chi connectivity index (χ0n) is 7.10. The molecule has 0 saturated carbocycles. The maximum atomic E-state index is 4.31. The van der Waals surface area contributed by atoms with Crippen LogP contribution in [0.5, 0.6) is 0 Å². The second-order valence-corrected chi connectivity index (χ2v) is 5.09. The predicted octanol–water partition coefficient (Wildman–Crippen LogP) is 1.35. The van der Waals surface area contributed by atoms with Gasteiger partial charge in [-0.1, -0.05) is 0 Å². The maximum absolute atomic E-state index is 4.31. The molecule has 0 aliphatic rings. The average molecular weight is 181 g/mol. The van der Waals surface area contributed by atoms with Crippen molar-refractivity contribution in [3.05, 3.63) is 24.7 Å². The van der Waals surface area contributed by atoms with Crippen LogP contribution in [0, 0.1) is 0 Å². The van der Waals surface area contributed by atoms with Crippen LogP contribution >= 0.6 is 10.9 Å². The molecule has 0 aliphatic carbocycles. The van der Waals surface area contributed by atoms with Gasteiger partial charge in [-0.3, -0.25) is 0 Å². The van der Waals surface area contributed by atoms with Gasteiger partial charge in [0.25, 0.3) is 0 Å². The molecule has 0 saturated heterocycles. The first-order valence-corrected chi connectivity index (χ1v) is 5.98. The molecule has 0 atom stereocenters. The Balaban J connectivity index is 2.60. The van der Waals surface area contributed by atoms with Gasteiger partial charge in [0, 0.05) is 0 Å². The van der Waals surface area contributed by atoms with E-state index in [9.17, 15) is 0 Å². The van der Waals surface area contributed by atoms with Crippen LogP contribution < -0.4 is 0 Å². The Morgan fingerprint density at radius 1 is 1.42 bits per heavy atom. The van der Waals surface area contributed by atoms with Gasteiger partial charge in [0.05, 0.1) is 16.7 Å². The fourth-order valence-electron chi connectivity index (χ4n) is 1.06. The predicted molar refractivity (Wildman–Crippen MR) is 52.1 cm³/mol. The van der Waals surface area contributed by atoms with Gasteiger partial charge < -0.3 is 0 Å². The molecule has 2 aromatic heterocycles. The number of rotatable bonds is 1. The van der Waals surface area contributed by atoms with E-state index in [0.29, 0.717) is 0 Å². The van der Waals surface area contributed by atoms with Crippen LogP contribution in [-0.4, -0.2) is 27.1 Å². The first-order valence-electron chi connectivity index (χ1n) is 3.74. The largest absolute Gasteiger partial charge is 0.232 e. The summed E-state index contributed by atoms with van der Waals surface area (Å²) in [6.45, 7) is 0. The zero-order chi connectivity index (χ0) is 8.55. The van der Waals surface area contributed by atoms with Crippen molar-refractivity contribution in [1.29, 1.82) is 0 Å². The van der Waals surface area contributed by atoms with Crippen LogP contribution in [0.4, 0.5) is 0 Å². The van der Waals surface area contributed by atoms with E-state index in [2.05, 4.69) is 28.7 Å². The van der Waals surface area contributed by atoms with Gasteiger partial charge in [-0.05, 0) is 24.6 Å². The summed E-state index contributed by atoms with van der Waals surface area (Å²) in [5.41, 5.74) is 1.12. The lowest BCUT2D eigenvalue weighted by Gasteiger charge is -2.07. The van der Waals surface area contributed by atoms with Crippen LogP contribution in [0.2, 0.25) is 0 Å². The second-order valence-electron chi connectivity index (χ2n) is 2.84. The average Bonchev–Trinajstić information content (AvgIpc) is 2.49. The summed E-state index contributed by atoms with van der Waals surface area (Å²) in [4.78, 5) is 4.31. The summed E-state index contributed by atoms with van der Waals surface area (Å²) in [6.07, 6.45) is 7.95. The lowest BCUT2D eigenvalue weighted by Crippen LogP contribution is -1.91. The van der Waals surface area contributed by atoms with Gasteiger partial charge in [0.2, 0.25) is 0 Å². The van der Waals surface area contributed by atoms with Crippen LogP contribution in [0.1, 0.15) is 0 Å². The van der Waals surface area contributed by atoms with Crippen molar-refractivity contribution in [3.8, 4) is 0 Å². The van der Waals surface area contributed by atoms with Crippen molar-refractivity contribution in [2.24, 2.45) is 0 Å². The molecule has 0 bridgehead atoms. The normalized spacial score (nSPS) is 12.0. The van der Waals surface area contributed by atoms with Crippen molar-refractivity contribution in [2.45, 2.75) is 5.03 Å². The van der Waals surface area contributed by atoms with E-state index < -0.39 is 0 Å². The lowest BCUT2D eigenvalue weighted by molar-refractivity contribution is 0.892. The molecule has 0 fully saturated rings. The highest BCUT2D eigenvalue weighted by atomic mass is 32.2. The van der Waals surface area contributed by atoms with Gasteiger partial charge >= 0.3 is 0 Å². The highest BCUT2D eigenvalue weighted by Gasteiger charge is 1.98. The molecule has 2 aromatic rings. The monoisotopic (exact) mass is 181 g/mol. The molecule has 4 heteroatoms. The van der Waals surface area contributed by atoms with Gasteiger partial charge in [-0.2, -0.15) is 5.10 Å². The van der Waals surface area contributed by atoms with Crippen molar-refractivity contribution < 1.29 is 0 Å². The topological polar surface area (TPSA) is 30.2 Å². The van der Waals surface area contributed by atoms with Crippen molar-refractivity contribution in [3.63, 3.8) is 0 Å². The Kier molecular flexibility index (Phi) is 1.77. The highest BCUT2D eigenvalue weighted by molar-refractivity contribution is 8.15. The van der Waals surface area contributed by atoms with Gasteiger partial charge in [-0.25, -0.2) is 20.4 Å². The summed E-state index contributed by atoms with van der Waals surface area (Å²) in [5.74, 6) is 0. The molecule has 0 unspecified atom stereocenters. The van der Waals surface area contributed by atoms with Crippen LogP contribution in [-0.2, 0) is 0 Å². The molecule has 0 aliphatic heterocycles. The minimum atomic E-state index is -0.102. The SMILES string of the molecule is C[SH](C)c1cc2ccnn2cn1. The van der Waals surface area contributed by atoms with Crippen LogP contribution in [0.15, 0.2) is 29.7 Å². The molecule has 0 radical (unpaired) electrons. The Hall–Kier alpha value is -1.03. The summed E-state index contributed by atoms with van der Waals surface area (Å²) in [7, 11) is -0.102. The molecular formula is C8H11N3S. The minimum Gasteiger partial charge on any atom is -0.232 e. The number of nitrogens with zero attached hydrogens (tertiary/aromatic N) is 3. The Morgan fingerprint density at radius 2 is 2.25 bits per heavy atom. The van der Waals surface area contributed by atoms with E-state index in [1.165, 1.54) is 5.03 Å². The molecule has 2 heterocycles. The Labute approximate surface area is 73.8 Å². The molecule has 12 heavy (non-hydrogen) atoms. The first-order chi connectivity index (χ1) is 5.77. The second kappa shape index (κ2) is 2.79. The summed E-state index contributed by atoms with van der Waals surface area (Å²) >= 11 is 0. The van der Waals surface area contributed by atoms with Gasteiger partial charge in [0.1, 0.15) is 6.33 Å². The molecule has 2 rings (SSSR count).